The smallest absolute Gasteiger partial charge is 0.274 e. The van der Waals surface area contributed by atoms with Gasteiger partial charge in [-0.25, -0.2) is 9.97 Å². The highest BCUT2D eigenvalue weighted by molar-refractivity contribution is 7.12. The van der Waals surface area contributed by atoms with Gasteiger partial charge in [-0.05, 0) is 26.0 Å². The zero-order valence-electron chi connectivity index (χ0n) is 10.2. The molecule has 6 heteroatoms. The zero-order valence-corrected chi connectivity index (χ0v) is 11.0. The molecule has 0 fully saturated rings. The van der Waals surface area contributed by atoms with Crippen LogP contribution in [-0.4, -0.2) is 15.9 Å². The number of aryl methyl sites for hydroxylation is 1. The van der Waals surface area contributed by atoms with Crippen LogP contribution in [0, 0.1) is 6.92 Å². The van der Waals surface area contributed by atoms with Crippen LogP contribution >= 0.6 is 11.3 Å². The molecule has 0 radical (unpaired) electrons. The van der Waals surface area contributed by atoms with Gasteiger partial charge in [0, 0.05) is 22.1 Å². The van der Waals surface area contributed by atoms with Gasteiger partial charge >= 0.3 is 0 Å². The third-order valence-electron chi connectivity index (χ3n) is 2.48. The Morgan fingerprint density at radius 1 is 1.39 bits per heavy atom. The van der Waals surface area contributed by atoms with Gasteiger partial charge in [-0.3, -0.25) is 4.79 Å². The first-order valence-corrected chi connectivity index (χ1v) is 6.33. The van der Waals surface area contributed by atoms with Crippen LogP contribution in [0.3, 0.4) is 0 Å². The van der Waals surface area contributed by atoms with E-state index in [2.05, 4.69) is 15.3 Å². The average Bonchev–Trinajstić information content (AvgIpc) is 2.76. The van der Waals surface area contributed by atoms with Gasteiger partial charge in [-0.15, -0.1) is 11.3 Å². The van der Waals surface area contributed by atoms with Crippen LogP contribution in [0.15, 0.2) is 24.5 Å². The molecule has 0 saturated carbocycles. The summed E-state index contributed by atoms with van der Waals surface area (Å²) in [5.41, 5.74) is 5.77. The molecule has 0 spiro atoms. The topological polar surface area (TPSA) is 80.9 Å². The Hall–Kier alpha value is -1.95. The SMILES string of the molecule is Cc1ccc(C(C)NC(=O)c2nccnc2N)s1. The van der Waals surface area contributed by atoms with Gasteiger partial charge in [-0.1, -0.05) is 0 Å². The molecule has 2 heterocycles. The van der Waals surface area contributed by atoms with Crippen molar-refractivity contribution in [1.29, 1.82) is 0 Å². The number of hydrogen-bond donors (Lipinski definition) is 2. The summed E-state index contributed by atoms with van der Waals surface area (Å²) >= 11 is 1.66. The van der Waals surface area contributed by atoms with Crippen molar-refractivity contribution in [3.63, 3.8) is 0 Å². The monoisotopic (exact) mass is 262 g/mol. The lowest BCUT2D eigenvalue weighted by atomic mass is 10.2. The molecule has 1 amide bonds. The average molecular weight is 262 g/mol. The lowest BCUT2D eigenvalue weighted by Gasteiger charge is -2.12. The highest BCUT2D eigenvalue weighted by atomic mass is 32.1. The summed E-state index contributed by atoms with van der Waals surface area (Å²) in [4.78, 5) is 22.1. The maximum Gasteiger partial charge on any atom is 0.274 e. The summed E-state index contributed by atoms with van der Waals surface area (Å²) in [5.74, 6) is -0.163. The van der Waals surface area contributed by atoms with Crippen molar-refractivity contribution in [3.05, 3.63) is 40.0 Å². The number of nitrogens with one attached hydrogen (secondary N) is 1. The minimum Gasteiger partial charge on any atom is -0.382 e. The highest BCUT2D eigenvalue weighted by Gasteiger charge is 2.16. The normalized spacial score (nSPS) is 12.1. The second kappa shape index (κ2) is 5.14. The van der Waals surface area contributed by atoms with Gasteiger partial charge in [0.15, 0.2) is 11.5 Å². The molecule has 1 unspecified atom stereocenters. The number of thiophene rings is 1. The van der Waals surface area contributed by atoms with Gasteiger partial charge in [0.05, 0.1) is 6.04 Å². The van der Waals surface area contributed by atoms with Crippen LogP contribution in [-0.2, 0) is 0 Å². The minimum absolute atomic E-state index is 0.0717. The molecule has 2 rings (SSSR count). The van der Waals surface area contributed by atoms with E-state index in [-0.39, 0.29) is 23.5 Å². The molecule has 0 aliphatic rings. The zero-order chi connectivity index (χ0) is 13.1. The summed E-state index contributed by atoms with van der Waals surface area (Å²) < 4.78 is 0. The quantitative estimate of drug-likeness (QED) is 0.885. The molecular formula is C12H14N4OS. The molecule has 94 valence electrons. The van der Waals surface area contributed by atoms with Crippen molar-refractivity contribution in [3.8, 4) is 0 Å². The molecule has 3 N–H and O–H groups in total. The summed E-state index contributed by atoms with van der Waals surface area (Å²) in [7, 11) is 0. The molecule has 2 aromatic rings. The molecule has 2 aromatic heterocycles. The first-order chi connectivity index (χ1) is 8.58. The largest absolute Gasteiger partial charge is 0.382 e. The second-order valence-corrected chi connectivity index (χ2v) is 5.25. The molecule has 0 aromatic carbocycles. The molecule has 5 nitrogen and oxygen atoms in total. The van der Waals surface area contributed by atoms with E-state index in [0.717, 1.165) is 4.88 Å². The van der Waals surface area contributed by atoms with E-state index in [0.29, 0.717) is 0 Å². The van der Waals surface area contributed by atoms with E-state index < -0.39 is 0 Å². The first-order valence-electron chi connectivity index (χ1n) is 5.51. The number of hydrogen-bond acceptors (Lipinski definition) is 5. The number of anilines is 1. The van der Waals surface area contributed by atoms with Gasteiger partial charge in [0.2, 0.25) is 0 Å². The fourth-order valence-electron chi connectivity index (χ4n) is 1.55. The van der Waals surface area contributed by atoms with E-state index in [1.165, 1.54) is 17.3 Å². The second-order valence-electron chi connectivity index (χ2n) is 3.93. The fourth-order valence-corrected chi connectivity index (χ4v) is 2.43. The van der Waals surface area contributed by atoms with Gasteiger partial charge in [0.1, 0.15) is 0 Å². The molecule has 0 bridgehead atoms. The lowest BCUT2D eigenvalue weighted by Crippen LogP contribution is -2.28. The Morgan fingerprint density at radius 3 is 2.72 bits per heavy atom. The van der Waals surface area contributed by atoms with Crippen LogP contribution in [0.4, 0.5) is 5.82 Å². The van der Waals surface area contributed by atoms with Crippen molar-refractivity contribution in [2.45, 2.75) is 19.9 Å². The van der Waals surface area contributed by atoms with Crippen molar-refractivity contribution < 1.29 is 4.79 Å². The predicted octanol–water partition coefficient (Wildman–Crippen LogP) is 1.92. The van der Waals surface area contributed by atoms with Crippen LogP contribution < -0.4 is 11.1 Å². The highest BCUT2D eigenvalue weighted by Crippen LogP contribution is 2.22. The Balaban J connectivity index is 2.10. The third-order valence-corrected chi connectivity index (χ3v) is 3.66. The van der Waals surface area contributed by atoms with Crippen molar-refractivity contribution in [2.24, 2.45) is 0 Å². The maximum absolute atomic E-state index is 12.0. The summed E-state index contributed by atoms with van der Waals surface area (Å²) in [6.07, 6.45) is 2.91. The number of nitrogen functional groups attached to an aromatic ring is 1. The Labute approximate surface area is 109 Å². The van der Waals surface area contributed by atoms with Crippen LogP contribution in [0.1, 0.15) is 33.2 Å². The summed E-state index contributed by atoms with van der Waals surface area (Å²) in [6.45, 7) is 3.96. The number of carbonyl (C=O) groups is 1. The van der Waals surface area contributed by atoms with Crippen molar-refractivity contribution >= 4 is 23.1 Å². The third kappa shape index (κ3) is 2.65. The van der Waals surface area contributed by atoms with E-state index in [4.69, 9.17) is 5.73 Å². The summed E-state index contributed by atoms with van der Waals surface area (Å²) in [6, 6.07) is 3.96. The van der Waals surface area contributed by atoms with E-state index in [1.807, 2.05) is 26.0 Å². The van der Waals surface area contributed by atoms with Gasteiger partial charge < -0.3 is 11.1 Å². The number of amides is 1. The Morgan fingerprint density at radius 2 is 2.11 bits per heavy atom. The standard InChI is InChI=1S/C12H14N4OS/c1-7-3-4-9(18-7)8(2)16-12(17)10-11(13)15-6-5-14-10/h3-6,8H,1-2H3,(H2,13,15)(H,16,17). The lowest BCUT2D eigenvalue weighted by molar-refractivity contribution is 0.0936. The first kappa shape index (κ1) is 12.5. The van der Waals surface area contributed by atoms with Crippen LogP contribution in [0.2, 0.25) is 0 Å². The molecule has 0 aliphatic carbocycles. The Bertz CT molecular complexity index is 567. The fraction of sp³-hybridized carbons (Fsp3) is 0.250. The number of carbonyl (C=O) groups excluding carboxylic acids is 1. The molecule has 18 heavy (non-hydrogen) atoms. The van der Waals surface area contributed by atoms with Gasteiger partial charge in [-0.2, -0.15) is 0 Å². The molecular weight excluding hydrogens is 248 g/mol. The van der Waals surface area contributed by atoms with Crippen molar-refractivity contribution in [2.75, 3.05) is 5.73 Å². The maximum atomic E-state index is 12.0. The number of aromatic nitrogens is 2. The van der Waals surface area contributed by atoms with Crippen molar-refractivity contribution in [1.82, 2.24) is 15.3 Å². The van der Waals surface area contributed by atoms with Gasteiger partial charge in [0.25, 0.3) is 5.91 Å². The predicted molar refractivity (Wildman–Crippen MR) is 71.4 cm³/mol. The van der Waals surface area contributed by atoms with E-state index >= 15 is 0 Å². The van der Waals surface area contributed by atoms with E-state index in [1.54, 1.807) is 11.3 Å². The number of rotatable bonds is 3. The van der Waals surface area contributed by atoms with E-state index in [9.17, 15) is 4.79 Å². The molecule has 0 aliphatic heterocycles. The minimum atomic E-state index is -0.306. The van der Waals surface area contributed by atoms with Crippen LogP contribution in [0.5, 0.6) is 0 Å². The molecule has 0 saturated heterocycles. The van der Waals surface area contributed by atoms with Crippen LogP contribution in [0.25, 0.3) is 0 Å². The Kier molecular flexibility index (Phi) is 3.57. The number of nitrogens with zero attached hydrogens (tertiary/aromatic N) is 2. The molecule has 1 atom stereocenters. The summed E-state index contributed by atoms with van der Waals surface area (Å²) in [5, 5.41) is 2.86. The number of nitrogens with two attached hydrogens (primary N) is 1.